The standard InChI is InChI=1S/C16H17N3O/c20-15-9-10-17-16(19-15)18-14-8-4-7-13(11-14)12-5-2-1-3-6-12/h4-5,7-11H,1-3,6H2,(H2,17,18,19,20). The molecule has 0 aliphatic heterocycles. The van der Waals surface area contributed by atoms with Gasteiger partial charge in [-0.25, -0.2) is 4.98 Å². The van der Waals surface area contributed by atoms with Crippen LogP contribution in [0.15, 0.2) is 47.4 Å². The third-order valence-corrected chi connectivity index (χ3v) is 3.46. The number of hydrogen-bond acceptors (Lipinski definition) is 3. The number of anilines is 2. The lowest BCUT2D eigenvalue weighted by Crippen LogP contribution is -2.08. The average molecular weight is 267 g/mol. The third-order valence-electron chi connectivity index (χ3n) is 3.46. The van der Waals surface area contributed by atoms with Gasteiger partial charge in [0.25, 0.3) is 5.56 Å². The summed E-state index contributed by atoms with van der Waals surface area (Å²) in [7, 11) is 0. The Morgan fingerprint density at radius 3 is 2.95 bits per heavy atom. The largest absolute Gasteiger partial charge is 0.326 e. The van der Waals surface area contributed by atoms with Crippen LogP contribution in [0.4, 0.5) is 11.6 Å². The molecule has 0 saturated heterocycles. The monoisotopic (exact) mass is 267 g/mol. The van der Waals surface area contributed by atoms with E-state index in [1.165, 1.54) is 42.7 Å². The number of allylic oxidation sites excluding steroid dienone is 2. The van der Waals surface area contributed by atoms with Crippen LogP contribution in [0.5, 0.6) is 0 Å². The lowest BCUT2D eigenvalue weighted by Gasteiger charge is -2.14. The SMILES string of the molecule is O=c1ccnc(Nc2cccc(C3=CCCCC3)c2)[nH]1. The van der Waals surface area contributed by atoms with Crippen LogP contribution in [0.2, 0.25) is 0 Å². The number of rotatable bonds is 3. The van der Waals surface area contributed by atoms with Crippen molar-refractivity contribution >= 4 is 17.2 Å². The van der Waals surface area contributed by atoms with Gasteiger partial charge in [0.2, 0.25) is 5.95 Å². The van der Waals surface area contributed by atoms with Crippen LogP contribution in [0.25, 0.3) is 5.57 Å². The molecule has 0 unspecified atom stereocenters. The highest BCUT2D eigenvalue weighted by Crippen LogP contribution is 2.28. The molecule has 1 aliphatic rings. The van der Waals surface area contributed by atoms with Gasteiger partial charge >= 0.3 is 0 Å². The van der Waals surface area contributed by atoms with E-state index in [1.807, 2.05) is 12.1 Å². The van der Waals surface area contributed by atoms with E-state index in [-0.39, 0.29) is 5.56 Å². The first kappa shape index (κ1) is 12.7. The lowest BCUT2D eigenvalue weighted by molar-refractivity contribution is 0.742. The van der Waals surface area contributed by atoms with E-state index in [1.54, 1.807) is 0 Å². The summed E-state index contributed by atoms with van der Waals surface area (Å²) in [6.07, 6.45) is 8.68. The van der Waals surface area contributed by atoms with Crippen LogP contribution in [0.3, 0.4) is 0 Å². The highest BCUT2D eigenvalue weighted by molar-refractivity contribution is 5.70. The van der Waals surface area contributed by atoms with Crippen LogP contribution in [0.1, 0.15) is 31.2 Å². The molecular weight excluding hydrogens is 250 g/mol. The van der Waals surface area contributed by atoms with Gasteiger partial charge in [-0.15, -0.1) is 0 Å². The Labute approximate surface area is 117 Å². The molecule has 0 spiro atoms. The zero-order valence-electron chi connectivity index (χ0n) is 11.2. The predicted molar refractivity (Wildman–Crippen MR) is 81.0 cm³/mol. The fourth-order valence-corrected chi connectivity index (χ4v) is 2.47. The number of aromatic nitrogens is 2. The second kappa shape index (κ2) is 5.74. The van der Waals surface area contributed by atoms with E-state index in [4.69, 9.17) is 0 Å². The van der Waals surface area contributed by atoms with Gasteiger partial charge in [0.15, 0.2) is 0 Å². The van der Waals surface area contributed by atoms with Crippen molar-refractivity contribution in [2.24, 2.45) is 0 Å². The number of nitrogens with one attached hydrogen (secondary N) is 2. The summed E-state index contributed by atoms with van der Waals surface area (Å²) in [5, 5.41) is 3.13. The Morgan fingerprint density at radius 1 is 1.20 bits per heavy atom. The summed E-state index contributed by atoms with van der Waals surface area (Å²) in [5.41, 5.74) is 3.43. The minimum atomic E-state index is -0.159. The number of H-pyrrole nitrogens is 1. The molecule has 4 nitrogen and oxygen atoms in total. The smallest absolute Gasteiger partial charge is 0.252 e. The second-order valence-electron chi connectivity index (χ2n) is 4.96. The molecule has 0 bridgehead atoms. The molecular formula is C16H17N3O. The van der Waals surface area contributed by atoms with E-state index < -0.39 is 0 Å². The van der Waals surface area contributed by atoms with E-state index >= 15 is 0 Å². The molecule has 1 heterocycles. The van der Waals surface area contributed by atoms with Gasteiger partial charge in [-0.3, -0.25) is 9.78 Å². The summed E-state index contributed by atoms with van der Waals surface area (Å²) >= 11 is 0. The van der Waals surface area contributed by atoms with Crippen LogP contribution >= 0.6 is 0 Å². The Kier molecular flexibility index (Phi) is 3.63. The second-order valence-corrected chi connectivity index (χ2v) is 4.96. The number of aromatic amines is 1. The van der Waals surface area contributed by atoms with Crippen molar-refractivity contribution < 1.29 is 0 Å². The van der Waals surface area contributed by atoms with Gasteiger partial charge in [0, 0.05) is 18.0 Å². The van der Waals surface area contributed by atoms with Gasteiger partial charge in [0.1, 0.15) is 0 Å². The van der Waals surface area contributed by atoms with Crippen LogP contribution in [-0.2, 0) is 0 Å². The van der Waals surface area contributed by atoms with Crippen LogP contribution in [0, 0.1) is 0 Å². The van der Waals surface area contributed by atoms with Gasteiger partial charge < -0.3 is 5.32 Å². The summed E-state index contributed by atoms with van der Waals surface area (Å²) < 4.78 is 0. The Morgan fingerprint density at radius 2 is 2.15 bits per heavy atom. The van der Waals surface area contributed by atoms with Crippen LogP contribution < -0.4 is 10.9 Å². The van der Waals surface area contributed by atoms with E-state index in [2.05, 4.69) is 33.5 Å². The van der Waals surface area contributed by atoms with Crippen molar-refractivity contribution in [3.63, 3.8) is 0 Å². The lowest BCUT2D eigenvalue weighted by atomic mass is 9.93. The fraction of sp³-hybridized carbons (Fsp3) is 0.250. The summed E-state index contributed by atoms with van der Waals surface area (Å²) in [6, 6.07) is 9.62. The third kappa shape index (κ3) is 2.96. The highest BCUT2D eigenvalue weighted by atomic mass is 16.1. The molecule has 0 atom stereocenters. The summed E-state index contributed by atoms with van der Waals surface area (Å²) in [5.74, 6) is 0.465. The Bertz CT molecular complexity index is 688. The molecule has 0 saturated carbocycles. The molecule has 3 rings (SSSR count). The first-order valence-corrected chi connectivity index (χ1v) is 6.93. The zero-order chi connectivity index (χ0) is 13.8. The van der Waals surface area contributed by atoms with E-state index in [0.717, 1.165) is 12.1 Å². The van der Waals surface area contributed by atoms with Gasteiger partial charge in [-0.2, -0.15) is 0 Å². The number of benzene rings is 1. The molecule has 0 fully saturated rings. The van der Waals surface area contributed by atoms with Crippen LogP contribution in [-0.4, -0.2) is 9.97 Å². The maximum absolute atomic E-state index is 11.3. The first-order valence-electron chi connectivity index (χ1n) is 6.93. The Balaban J connectivity index is 1.84. The zero-order valence-corrected chi connectivity index (χ0v) is 11.2. The predicted octanol–water partition coefficient (Wildman–Crippen LogP) is 3.47. The van der Waals surface area contributed by atoms with Crippen molar-refractivity contribution in [2.45, 2.75) is 25.7 Å². The maximum atomic E-state index is 11.3. The topological polar surface area (TPSA) is 57.8 Å². The maximum Gasteiger partial charge on any atom is 0.252 e. The normalized spacial score (nSPS) is 14.7. The molecule has 20 heavy (non-hydrogen) atoms. The van der Waals surface area contributed by atoms with Crippen molar-refractivity contribution in [1.29, 1.82) is 0 Å². The molecule has 1 aliphatic carbocycles. The average Bonchev–Trinajstić information content (AvgIpc) is 2.48. The molecule has 1 aromatic heterocycles. The van der Waals surface area contributed by atoms with Crippen molar-refractivity contribution in [3.8, 4) is 0 Å². The number of hydrogen-bond donors (Lipinski definition) is 2. The minimum absolute atomic E-state index is 0.159. The quantitative estimate of drug-likeness (QED) is 0.895. The summed E-state index contributed by atoms with van der Waals surface area (Å²) in [6.45, 7) is 0. The van der Waals surface area contributed by atoms with Crippen molar-refractivity contribution in [2.75, 3.05) is 5.32 Å². The van der Waals surface area contributed by atoms with E-state index in [0.29, 0.717) is 5.95 Å². The molecule has 0 radical (unpaired) electrons. The highest BCUT2D eigenvalue weighted by Gasteiger charge is 2.07. The molecule has 4 heteroatoms. The van der Waals surface area contributed by atoms with Gasteiger partial charge in [0.05, 0.1) is 0 Å². The Hall–Kier alpha value is -2.36. The summed E-state index contributed by atoms with van der Waals surface area (Å²) in [4.78, 5) is 18.0. The first-order chi connectivity index (χ1) is 9.81. The van der Waals surface area contributed by atoms with Gasteiger partial charge in [-0.1, -0.05) is 18.2 Å². The fourth-order valence-electron chi connectivity index (χ4n) is 2.47. The molecule has 0 amide bonds. The van der Waals surface area contributed by atoms with Crippen molar-refractivity contribution in [1.82, 2.24) is 9.97 Å². The van der Waals surface area contributed by atoms with E-state index in [9.17, 15) is 4.79 Å². The number of nitrogens with zero attached hydrogens (tertiary/aromatic N) is 1. The molecule has 2 aromatic rings. The molecule has 1 aromatic carbocycles. The van der Waals surface area contributed by atoms with Crippen molar-refractivity contribution in [3.05, 3.63) is 58.5 Å². The molecule has 2 N–H and O–H groups in total. The minimum Gasteiger partial charge on any atom is -0.326 e. The molecule has 102 valence electrons. The van der Waals surface area contributed by atoms with Gasteiger partial charge in [-0.05, 0) is 49.0 Å².